The lowest BCUT2D eigenvalue weighted by atomic mass is 9.98. The molecule has 0 aromatic heterocycles. The summed E-state index contributed by atoms with van der Waals surface area (Å²) < 4.78 is 10.7. The van der Waals surface area contributed by atoms with E-state index >= 15 is 0 Å². The van der Waals surface area contributed by atoms with Crippen LogP contribution in [0, 0.1) is 0 Å². The van der Waals surface area contributed by atoms with E-state index in [1.807, 2.05) is 0 Å². The molecule has 0 radical (unpaired) electrons. The highest BCUT2D eigenvalue weighted by atomic mass is 16.7. The normalized spacial score (nSPS) is 27.9. The molecule has 36 heavy (non-hydrogen) atoms. The van der Waals surface area contributed by atoms with E-state index in [-0.39, 0.29) is 0 Å². The van der Waals surface area contributed by atoms with Crippen molar-refractivity contribution >= 4 is 5.91 Å². The van der Waals surface area contributed by atoms with Crippen LogP contribution < -0.4 is 0 Å². The molecular formula is C25H49NO10. The summed E-state index contributed by atoms with van der Waals surface area (Å²) in [6.07, 6.45) is -3.29. The Morgan fingerprint density at radius 1 is 0.889 bits per heavy atom. The summed E-state index contributed by atoms with van der Waals surface area (Å²) in [6, 6.07) is 0. The number of nitrogens with zero attached hydrogens (tertiary/aromatic N) is 1. The molecule has 0 aromatic rings. The van der Waals surface area contributed by atoms with Crippen LogP contribution in [0.25, 0.3) is 0 Å². The quantitative estimate of drug-likeness (QED) is 0.117. The number of hydrogen-bond donors (Lipinski definition) is 7. The van der Waals surface area contributed by atoms with E-state index in [0.717, 1.165) is 25.7 Å². The van der Waals surface area contributed by atoms with Crippen molar-refractivity contribution in [1.82, 2.24) is 4.90 Å². The van der Waals surface area contributed by atoms with Gasteiger partial charge in [-0.25, -0.2) is 0 Å². The van der Waals surface area contributed by atoms with E-state index in [1.54, 1.807) is 0 Å². The van der Waals surface area contributed by atoms with Gasteiger partial charge in [0.25, 0.3) is 5.91 Å². The number of carbonyl (C=O) groups is 1. The lowest BCUT2D eigenvalue weighted by molar-refractivity contribution is -0.320. The topological polar surface area (TPSA) is 180 Å². The Morgan fingerprint density at radius 3 is 1.94 bits per heavy atom. The van der Waals surface area contributed by atoms with Crippen molar-refractivity contribution in [2.75, 3.05) is 20.2 Å². The van der Waals surface area contributed by atoms with Crippen LogP contribution in [0.5, 0.6) is 0 Å². The van der Waals surface area contributed by atoms with Gasteiger partial charge in [-0.05, 0) is 13.3 Å². The number of rotatable bonds is 18. The van der Waals surface area contributed by atoms with E-state index in [9.17, 15) is 40.5 Å². The van der Waals surface area contributed by atoms with Gasteiger partial charge in [-0.1, -0.05) is 64.7 Å². The number of ether oxygens (including phenoxy) is 2. The number of aliphatic hydroxyl groups is 7. The Hall–Kier alpha value is -0.890. The van der Waals surface area contributed by atoms with Crippen LogP contribution in [-0.2, 0) is 14.3 Å². The molecule has 1 fully saturated rings. The van der Waals surface area contributed by atoms with Gasteiger partial charge in [-0.3, -0.25) is 4.79 Å². The fraction of sp³-hybridized carbons (Fsp3) is 0.960. The van der Waals surface area contributed by atoms with Crippen molar-refractivity contribution in [2.24, 2.45) is 0 Å². The number of unbranched alkanes of at least 4 members (excludes halogenated alkanes) is 9. The highest BCUT2D eigenvalue weighted by Gasteiger charge is 2.46. The predicted octanol–water partition coefficient (Wildman–Crippen LogP) is -0.347. The zero-order chi connectivity index (χ0) is 27.3. The number of hydrogen-bond acceptors (Lipinski definition) is 10. The van der Waals surface area contributed by atoms with Crippen molar-refractivity contribution in [3.8, 4) is 0 Å². The van der Waals surface area contributed by atoms with Crippen LogP contribution in [0.4, 0.5) is 0 Å². The van der Waals surface area contributed by atoms with Crippen LogP contribution in [0.2, 0.25) is 0 Å². The zero-order valence-electron chi connectivity index (χ0n) is 22.0. The maximum absolute atomic E-state index is 12.7. The van der Waals surface area contributed by atoms with Crippen molar-refractivity contribution in [2.45, 2.75) is 133 Å². The minimum absolute atomic E-state index is 0.374. The number of aliphatic hydroxyl groups excluding tert-OH is 7. The van der Waals surface area contributed by atoms with E-state index in [4.69, 9.17) is 9.47 Å². The highest BCUT2D eigenvalue weighted by molar-refractivity contribution is 5.81. The molecule has 1 amide bonds. The molecule has 0 unspecified atom stereocenters. The highest BCUT2D eigenvalue weighted by Crippen LogP contribution is 2.25. The van der Waals surface area contributed by atoms with Gasteiger partial charge < -0.3 is 50.1 Å². The van der Waals surface area contributed by atoms with Crippen molar-refractivity contribution in [1.29, 1.82) is 0 Å². The first kappa shape index (κ1) is 33.1. The molecular weight excluding hydrogens is 474 g/mol. The van der Waals surface area contributed by atoms with Gasteiger partial charge in [0.15, 0.2) is 12.4 Å². The SMILES string of the molecule is CCCCCCCCCCCCN(C)C(=O)[C@H](O)[C@@H](O)[C@H](O[C@@H]1O[C@H](C)[C@H](O)[C@H](O)[C@H]1O)[C@H](O)CO. The molecule has 1 rings (SSSR count). The van der Waals surface area contributed by atoms with Gasteiger partial charge in [0.1, 0.15) is 36.6 Å². The van der Waals surface area contributed by atoms with Crippen LogP contribution in [-0.4, -0.2) is 122 Å². The van der Waals surface area contributed by atoms with Gasteiger partial charge in [-0.15, -0.1) is 0 Å². The molecule has 1 aliphatic rings. The first-order valence-electron chi connectivity index (χ1n) is 13.3. The average Bonchev–Trinajstić information content (AvgIpc) is 2.87. The van der Waals surface area contributed by atoms with Gasteiger partial charge in [0.05, 0.1) is 12.7 Å². The Bertz CT molecular complexity index is 597. The Morgan fingerprint density at radius 2 is 1.42 bits per heavy atom. The summed E-state index contributed by atoms with van der Waals surface area (Å²) in [6.45, 7) is 3.12. The van der Waals surface area contributed by atoms with Crippen LogP contribution in [0.3, 0.4) is 0 Å². The van der Waals surface area contributed by atoms with E-state index in [0.29, 0.717) is 6.54 Å². The van der Waals surface area contributed by atoms with Crippen LogP contribution in [0.15, 0.2) is 0 Å². The Labute approximate surface area is 214 Å². The zero-order valence-corrected chi connectivity index (χ0v) is 22.0. The van der Waals surface area contributed by atoms with Crippen LogP contribution in [0.1, 0.15) is 78.1 Å². The van der Waals surface area contributed by atoms with E-state index in [2.05, 4.69) is 6.92 Å². The largest absolute Gasteiger partial charge is 0.394 e. The minimum atomic E-state index is -1.97. The second-order valence-electron chi connectivity index (χ2n) is 9.91. The molecule has 1 heterocycles. The minimum Gasteiger partial charge on any atom is -0.394 e. The molecule has 0 aromatic carbocycles. The summed E-state index contributed by atoms with van der Waals surface area (Å²) in [5.41, 5.74) is 0. The molecule has 0 bridgehead atoms. The first-order chi connectivity index (χ1) is 17.1. The Kier molecular flexibility index (Phi) is 16.2. The fourth-order valence-corrected chi connectivity index (χ4v) is 4.28. The summed E-state index contributed by atoms with van der Waals surface area (Å²) in [4.78, 5) is 13.9. The smallest absolute Gasteiger partial charge is 0.253 e. The third-order valence-electron chi connectivity index (χ3n) is 6.80. The predicted molar refractivity (Wildman–Crippen MR) is 132 cm³/mol. The van der Waals surface area contributed by atoms with Crippen molar-refractivity contribution in [3.63, 3.8) is 0 Å². The molecule has 1 saturated heterocycles. The molecule has 9 atom stereocenters. The number of likely N-dealkylation sites (N-methyl/N-ethyl adjacent to an activating group) is 1. The lowest BCUT2D eigenvalue weighted by Crippen LogP contribution is -2.61. The second kappa shape index (κ2) is 17.6. The van der Waals surface area contributed by atoms with Crippen molar-refractivity contribution in [3.05, 3.63) is 0 Å². The summed E-state index contributed by atoms with van der Waals surface area (Å²) in [7, 11) is 1.50. The molecule has 0 saturated carbocycles. The molecule has 214 valence electrons. The van der Waals surface area contributed by atoms with Gasteiger partial charge in [-0.2, -0.15) is 0 Å². The third-order valence-corrected chi connectivity index (χ3v) is 6.80. The second-order valence-corrected chi connectivity index (χ2v) is 9.91. The summed E-state index contributed by atoms with van der Waals surface area (Å²) >= 11 is 0. The van der Waals surface area contributed by atoms with Gasteiger partial charge in [0, 0.05) is 13.6 Å². The fourth-order valence-electron chi connectivity index (χ4n) is 4.28. The Balaban J connectivity index is 2.53. The standard InChI is InChI=1S/C25H49NO10/c1-4-5-6-7-8-9-10-11-12-13-14-26(3)24(34)21(32)20(31)23(17(28)15-27)36-25-22(33)19(30)18(29)16(2)35-25/h16-23,25,27-33H,4-15H2,1-3H3/t16-,17-,18+,19+,20-,21-,22-,23-,25+/m1/s1. The first-order valence-corrected chi connectivity index (χ1v) is 13.3. The molecule has 0 aliphatic carbocycles. The maximum atomic E-state index is 12.7. The summed E-state index contributed by atoms with van der Waals surface area (Å²) in [5.74, 6) is -0.786. The van der Waals surface area contributed by atoms with Crippen molar-refractivity contribution < 1.29 is 50.0 Å². The molecule has 0 spiro atoms. The monoisotopic (exact) mass is 523 g/mol. The maximum Gasteiger partial charge on any atom is 0.253 e. The molecule has 11 heteroatoms. The molecule has 1 aliphatic heterocycles. The van der Waals surface area contributed by atoms with E-state index < -0.39 is 67.6 Å². The summed E-state index contributed by atoms with van der Waals surface area (Å²) in [5, 5.41) is 70.5. The molecule has 11 nitrogen and oxygen atoms in total. The number of amides is 1. The average molecular weight is 524 g/mol. The van der Waals surface area contributed by atoms with Gasteiger partial charge >= 0.3 is 0 Å². The van der Waals surface area contributed by atoms with E-state index in [1.165, 1.54) is 57.4 Å². The third kappa shape index (κ3) is 10.5. The lowest BCUT2D eigenvalue weighted by Gasteiger charge is -2.41. The van der Waals surface area contributed by atoms with Crippen LogP contribution >= 0.6 is 0 Å². The number of carbonyl (C=O) groups excluding carboxylic acids is 1. The van der Waals surface area contributed by atoms with Gasteiger partial charge in [0.2, 0.25) is 0 Å². The molecule has 7 N–H and O–H groups in total.